The Morgan fingerprint density at radius 3 is 2.29 bits per heavy atom. The van der Waals surface area contributed by atoms with E-state index >= 15 is 0 Å². The van der Waals surface area contributed by atoms with Gasteiger partial charge in [-0.15, -0.1) is 0 Å². The van der Waals surface area contributed by atoms with E-state index in [2.05, 4.69) is 20.4 Å². The zero-order valence-corrected chi connectivity index (χ0v) is 19.1. The van der Waals surface area contributed by atoms with Gasteiger partial charge in [-0.05, 0) is 50.2 Å². The molecule has 5 N–H and O–H groups in total. The van der Waals surface area contributed by atoms with Crippen molar-refractivity contribution in [3.63, 3.8) is 0 Å². The molecule has 4 rings (SSSR count). The number of sulfonamides is 1. The van der Waals surface area contributed by atoms with E-state index in [1.165, 1.54) is 18.5 Å². The number of carbonyl (C=O) groups is 1. The van der Waals surface area contributed by atoms with Crippen LogP contribution in [-0.4, -0.2) is 29.4 Å². The molecule has 174 valence electrons. The highest BCUT2D eigenvalue weighted by molar-refractivity contribution is 7.92. The van der Waals surface area contributed by atoms with Crippen molar-refractivity contribution >= 4 is 33.3 Å². The molecular weight excluding hydrogens is 458 g/mol. The number of hydrogen-bond donors (Lipinski definition) is 3. The fourth-order valence-corrected chi connectivity index (χ4v) is 4.17. The third kappa shape index (κ3) is 4.44. The highest BCUT2D eigenvalue weighted by Crippen LogP contribution is 2.27. The summed E-state index contributed by atoms with van der Waals surface area (Å²) in [5.74, 6) is 5.77. The number of amides is 1. The highest BCUT2D eigenvalue weighted by atomic mass is 32.2. The molecule has 2 heterocycles. The smallest absolute Gasteiger partial charge is 0.280 e. The Balaban J connectivity index is 1.52. The van der Waals surface area contributed by atoms with Crippen LogP contribution in [0.15, 0.2) is 70.3 Å². The van der Waals surface area contributed by atoms with Crippen molar-refractivity contribution in [2.45, 2.75) is 18.7 Å². The van der Waals surface area contributed by atoms with Gasteiger partial charge in [0, 0.05) is 28.4 Å². The molecule has 2 aromatic heterocycles. The van der Waals surface area contributed by atoms with Crippen molar-refractivity contribution in [1.82, 2.24) is 15.1 Å². The second-order valence-corrected chi connectivity index (χ2v) is 9.19. The molecule has 0 aliphatic carbocycles. The molecule has 4 aromatic rings. The molecule has 34 heavy (non-hydrogen) atoms. The molecule has 1 amide bonds. The number of aromatic nitrogens is 3. The first-order valence-electron chi connectivity index (χ1n) is 9.99. The van der Waals surface area contributed by atoms with E-state index < -0.39 is 15.9 Å². The molecule has 0 aliphatic rings. The first-order chi connectivity index (χ1) is 16.2. The zero-order valence-electron chi connectivity index (χ0n) is 18.3. The minimum Gasteiger partial charge on any atom is -0.366 e. The number of hydrazine groups is 1. The molecule has 0 radical (unpaired) electrons. The van der Waals surface area contributed by atoms with Gasteiger partial charge < -0.3 is 15.6 Å². The summed E-state index contributed by atoms with van der Waals surface area (Å²) in [7, 11) is -4.05. The van der Waals surface area contributed by atoms with Crippen LogP contribution in [-0.2, 0) is 10.0 Å². The van der Waals surface area contributed by atoms with Gasteiger partial charge in [-0.2, -0.15) is 12.8 Å². The number of nitrogens with one attached hydrogen (secondary N) is 1. The molecule has 0 bridgehead atoms. The van der Waals surface area contributed by atoms with Gasteiger partial charge in [-0.3, -0.25) is 4.79 Å². The number of rotatable bonds is 7. The maximum atomic E-state index is 12.9. The van der Waals surface area contributed by atoms with Gasteiger partial charge in [-0.25, -0.2) is 15.8 Å². The summed E-state index contributed by atoms with van der Waals surface area (Å²) in [4.78, 5) is 19.7. The maximum Gasteiger partial charge on any atom is 0.280 e. The van der Waals surface area contributed by atoms with Gasteiger partial charge in [0.05, 0.1) is 16.3 Å². The minimum atomic E-state index is -4.05. The van der Waals surface area contributed by atoms with E-state index in [9.17, 15) is 13.2 Å². The van der Waals surface area contributed by atoms with Crippen LogP contribution in [0.2, 0.25) is 0 Å². The zero-order chi connectivity index (χ0) is 24.5. The SMILES string of the molecule is Cc1noc(N(N)S(=O)(=O)c2ccc(Nc3cc(-c4ccc(C(N)=O)cc4)ncn3)cc2)c1C. The van der Waals surface area contributed by atoms with Crippen molar-refractivity contribution in [3.8, 4) is 11.3 Å². The number of nitrogens with zero attached hydrogens (tertiary/aromatic N) is 4. The number of primary amides is 1. The number of nitrogens with two attached hydrogens (primary N) is 2. The molecule has 0 unspecified atom stereocenters. The third-order valence-corrected chi connectivity index (χ3v) is 6.70. The lowest BCUT2D eigenvalue weighted by Crippen LogP contribution is -2.37. The van der Waals surface area contributed by atoms with Crippen molar-refractivity contribution < 1.29 is 17.7 Å². The van der Waals surface area contributed by atoms with Gasteiger partial charge in [0.25, 0.3) is 15.9 Å². The Morgan fingerprint density at radius 1 is 1.03 bits per heavy atom. The number of benzene rings is 2. The first kappa shape index (κ1) is 22.9. The van der Waals surface area contributed by atoms with Gasteiger partial charge >= 0.3 is 0 Å². The van der Waals surface area contributed by atoms with Gasteiger partial charge in [0.2, 0.25) is 5.91 Å². The Kier molecular flexibility index (Phi) is 6.01. The maximum absolute atomic E-state index is 12.9. The van der Waals surface area contributed by atoms with Crippen molar-refractivity contribution in [2.24, 2.45) is 11.6 Å². The number of aryl methyl sites for hydroxylation is 1. The average molecular weight is 480 g/mol. The molecule has 0 aliphatic heterocycles. The van der Waals surface area contributed by atoms with Crippen LogP contribution in [0.4, 0.5) is 17.4 Å². The summed E-state index contributed by atoms with van der Waals surface area (Å²) < 4.78 is 31.4. The number of anilines is 3. The second-order valence-electron chi connectivity index (χ2n) is 7.38. The monoisotopic (exact) mass is 479 g/mol. The summed E-state index contributed by atoms with van der Waals surface area (Å²) in [5.41, 5.74) is 8.76. The number of carbonyl (C=O) groups excluding carboxylic acids is 1. The lowest BCUT2D eigenvalue weighted by Gasteiger charge is -2.16. The van der Waals surface area contributed by atoms with E-state index in [0.717, 1.165) is 5.56 Å². The molecule has 0 fully saturated rings. The van der Waals surface area contributed by atoms with Crippen LogP contribution in [0.5, 0.6) is 0 Å². The molecule has 0 spiro atoms. The molecule has 12 heteroatoms. The topological polar surface area (TPSA) is 170 Å². The fourth-order valence-electron chi connectivity index (χ4n) is 3.08. The molecule has 0 atom stereocenters. The van der Waals surface area contributed by atoms with Crippen molar-refractivity contribution in [3.05, 3.63) is 77.7 Å². The molecule has 0 saturated heterocycles. The van der Waals surface area contributed by atoms with Gasteiger partial charge in [0.1, 0.15) is 12.1 Å². The van der Waals surface area contributed by atoms with Gasteiger partial charge in [-0.1, -0.05) is 17.3 Å². The van der Waals surface area contributed by atoms with Crippen LogP contribution in [0.1, 0.15) is 21.6 Å². The molecule has 11 nitrogen and oxygen atoms in total. The Bertz CT molecular complexity index is 1450. The molecular formula is C22H21N7O4S. The van der Waals surface area contributed by atoms with E-state index in [1.54, 1.807) is 56.3 Å². The summed E-state index contributed by atoms with van der Waals surface area (Å²) in [6, 6.07) is 14.4. The molecule has 0 saturated carbocycles. The van der Waals surface area contributed by atoms with E-state index in [-0.39, 0.29) is 10.8 Å². The third-order valence-electron chi connectivity index (χ3n) is 5.15. The van der Waals surface area contributed by atoms with Crippen LogP contribution >= 0.6 is 0 Å². The van der Waals surface area contributed by atoms with Crippen LogP contribution in [0, 0.1) is 13.8 Å². The van der Waals surface area contributed by atoms with Crippen molar-refractivity contribution in [1.29, 1.82) is 0 Å². The van der Waals surface area contributed by atoms with E-state index in [4.69, 9.17) is 16.1 Å². The summed E-state index contributed by atoms with van der Waals surface area (Å²) in [6.45, 7) is 3.36. The summed E-state index contributed by atoms with van der Waals surface area (Å²) in [6.07, 6.45) is 1.40. The van der Waals surface area contributed by atoms with Gasteiger partial charge in [0.15, 0.2) is 0 Å². The predicted octanol–water partition coefficient (Wildman–Crippen LogP) is 2.66. The predicted molar refractivity (Wildman–Crippen MR) is 126 cm³/mol. The summed E-state index contributed by atoms with van der Waals surface area (Å²) in [5, 5.41) is 6.84. The standard InChI is InChI=1S/C22H21N7O4S/c1-13-14(2)28-33-22(13)29(24)34(31,32)18-9-7-17(8-10-18)27-20-11-19(25-12-26-20)15-3-5-16(6-4-15)21(23)30/h3-12H,24H2,1-2H3,(H2,23,30)(H,25,26,27). The highest BCUT2D eigenvalue weighted by Gasteiger charge is 2.27. The van der Waals surface area contributed by atoms with Crippen LogP contribution in [0.25, 0.3) is 11.3 Å². The average Bonchev–Trinajstić information content (AvgIpc) is 3.17. The Morgan fingerprint density at radius 2 is 1.71 bits per heavy atom. The van der Waals surface area contributed by atoms with Crippen LogP contribution in [0.3, 0.4) is 0 Å². The van der Waals surface area contributed by atoms with Crippen LogP contribution < -0.4 is 21.3 Å². The van der Waals surface area contributed by atoms with E-state index in [0.29, 0.717) is 38.4 Å². The fraction of sp³-hybridized carbons (Fsp3) is 0.0909. The second kappa shape index (κ2) is 8.92. The largest absolute Gasteiger partial charge is 0.366 e. The normalized spacial score (nSPS) is 11.3. The Labute approximate surface area is 195 Å². The van der Waals surface area contributed by atoms with E-state index in [1.807, 2.05) is 0 Å². The van der Waals surface area contributed by atoms with Crippen molar-refractivity contribution in [2.75, 3.05) is 9.73 Å². The first-order valence-corrected chi connectivity index (χ1v) is 11.4. The minimum absolute atomic E-state index is 0.0214. The summed E-state index contributed by atoms with van der Waals surface area (Å²) >= 11 is 0. The Hall–Kier alpha value is -4.29. The number of hydrogen-bond acceptors (Lipinski definition) is 9. The quantitative estimate of drug-likeness (QED) is 0.266. The lowest BCUT2D eigenvalue weighted by molar-refractivity contribution is 0.100. The lowest BCUT2D eigenvalue weighted by atomic mass is 10.1. The molecule has 2 aromatic carbocycles.